The Hall–Kier alpha value is 0.729. The van der Waals surface area contributed by atoms with Gasteiger partial charge in [-0.25, -0.2) is 0 Å². The molecule has 0 aliphatic heterocycles. The molecule has 0 aromatic heterocycles. The Morgan fingerprint density at radius 1 is 0.652 bits per heavy atom. The molecule has 0 saturated heterocycles. The van der Waals surface area contributed by atoms with Gasteiger partial charge in [0, 0.05) is 5.97 Å². The minimum Gasteiger partial charge on any atom is -2.00 e. The zero-order valence-electron chi connectivity index (χ0n) is 15.3. The van der Waals surface area contributed by atoms with E-state index in [-0.39, 0.29) is 52.3 Å². The average molecular weight is 351 g/mol. The Morgan fingerprint density at radius 3 is 1.17 bits per heavy atom. The van der Waals surface area contributed by atoms with Crippen molar-refractivity contribution in [3.63, 3.8) is 0 Å². The van der Waals surface area contributed by atoms with Crippen LogP contribution in [0.5, 0.6) is 0 Å². The summed E-state index contributed by atoms with van der Waals surface area (Å²) in [5.74, 6) is -0.903. The van der Waals surface area contributed by atoms with E-state index >= 15 is 0 Å². The van der Waals surface area contributed by atoms with Crippen LogP contribution in [-0.2, 0) is 10.3 Å². The van der Waals surface area contributed by atoms with Gasteiger partial charge in [0.25, 0.3) is 0 Å². The fourth-order valence-corrected chi connectivity index (χ4v) is 2.64. The molecule has 0 fully saturated rings. The van der Waals surface area contributed by atoms with E-state index < -0.39 is 5.97 Å². The molecule has 0 radical (unpaired) electrons. The first-order chi connectivity index (χ1) is 9.77. The van der Waals surface area contributed by atoms with Crippen molar-refractivity contribution < 1.29 is 15.4 Å². The molecule has 0 aliphatic rings. The first kappa shape index (κ1) is 31.5. The maximum absolute atomic E-state index is 10.2. The van der Waals surface area contributed by atoms with E-state index in [4.69, 9.17) is 0 Å². The van der Waals surface area contributed by atoms with E-state index in [9.17, 15) is 9.90 Å². The SMILES string of the molecule is CCCCCCCCCCCCCCCCCC(=O)[O-].[Al+3].[Mg+2].[O-2]. The van der Waals surface area contributed by atoms with Crippen molar-refractivity contribution in [2.45, 2.75) is 110 Å². The topological polar surface area (TPSA) is 68.6 Å². The molecule has 0 aromatic carbocycles. The van der Waals surface area contributed by atoms with Gasteiger partial charge >= 0.3 is 40.4 Å². The molecular weight excluding hydrogens is 315 g/mol. The number of hydrogen-bond acceptors (Lipinski definition) is 2. The van der Waals surface area contributed by atoms with Crippen molar-refractivity contribution in [3.05, 3.63) is 0 Å². The van der Waals surface area contributed by atoms with Crippen LogP contribution in [0.2, 0.25) is 0 Å². The van der Waals surface area contributed by atoms with Gasteiger partial charge in [-0.05, 0) is 12.8 Å². The van der Waals surface area contributed by atoms with Gasteiger partial charge in [-0.2, -0.15) is 0 Å². The molecule has 128 valence electrons. The first-order valence-corrected chi connectivity index (χ1v) is 8.97. The van der Waals surface area contributed by atoms with Crippen molar-refractivity contribution in [3.8, 4) is 0 Å². The van der Waals surface area contributed by atoms with Crippen molar-refractivity contribution in [1.29, 1.82) is 0 Å². The number of hydrogen-bond donors (Lipinski definition) is 0. The Kier molecular flexibility index (Phi) is 37.8. The van der Waals surface area contributed by atoms with Gasteiger partial charge in [0.05, 0.1) is 0 Å². The molecule has 23 heavy (non-hydrogen) atoms. The number of carboxylic acid groups (broad SMARTS) is 1. The molecule has 0 N–H and O–H groups in total. The van der Waals surface area contributed by atoms with E-state index in [0.717, 1.165) is 12.8 Å². The summed E-state index contributed by atoms with van der Waals surface area (Å²) in [4.78, 5) is 10.2. The molecule has 0 aromatic rings. The summed E-state index contributed by atoms with van der Waals surface area (Å²) in [6.45, 7) is 2.27. The van der Waals surface area contributed by atoms with Crippen LogP contribution in [0, 0.1) is 0 Å². The van der Waals surface area contributed by atoms with Crippen LogP contribution in [0.3, 0.4) is 0 Å². The van der Waals surface area contributed by atoms with Crippen LogP contribution < -0.4 is 5.11 Å². The van der Waals surface area contributed by atoms with Crippen molar-refractivity contribution in [1.82, 2.24) is 0 Å². The van der Waals surface area contributed by atoms with Gasteiger partial charge in [0.2, 0.25) is 0 Å². The van der Waals surface area contributed by atoms with Crippen molar-refractivity contribution >= 4 is 46.4 Å². The maximum Gasteiger partial charge on any atom is 3.00 e. The van der Waals surface area contributed by atoms with Crippen molar-refractivity contribution in [2.24, 2.45) is 0 Å². The standard InChI is InChI=1S/C18H36O2.Al.Mg.O/c1-2-3-4-5-6-7-8-9-10-11-12-13-14-15-16-17-18(19)20;;;/h2-17H2,1H3,(H,19,20);;;/q;+3;+2;-2/p-1. The van der Waals surface area contributed by atoms with E-state index in [1.807, 2.05) is 0 Å². The number of aliphatic carboxylic acids is 1. The third kappa shape index (κ3) is 31.1. The molecule has 5 heteroatoms. The summed E-state index contributed by atoms with van der Waals surface area (Å²) >= 11 is 0. The maximum atomic E-state index is 10.2. The number of rotatable bonds is 16. The van der Waals surface area contributed by atoms with Gasteiger partial charge in [-0.15, -0.1) is 0 Å². The minimum atomic E-state index is -0.903. The quantitative estimate of drug-likeness (QED) is 0.310. The van der Waals surface area contributed by atoms with Crippen LogP contribution in [0.25, 0.3) is 0 Å². The summed E-state index contributed by atoms with van der Waals surface area (Å²) in [6.07, 6.45) is 19.9. The molecule has 0 bridgehead atoms. The fraction of sp³-hybridized carbons (Fsp3) is 0.944. The van der Waals surface area contributed by atoms with Gasteiger partial charge in [-0.1, -0.05) is 96.8 Å². The molecule has 0 saturated carbocycles. The van der Waals surface area contributed by atoms with E-state index in [1.54, 1.807) is 0 Å². The molecular formula is C18H35AlMgO3+2. The summed E-state index contributed by atoms with van der Waals surface area (Å²) in [5.41, 5.74) is 0. The molecule has 0 unspecified atom stereocenters. The smallest absolute Gasteiger partial charge is 2.00 e. The Balaban J connectivity index is -0.000000602. The molecule has 0 spiro atoms. The Labute approximate surface area is 171 Å². The third-order valence-electron chi connectivity index (χ3n) is 3.98. The van der Waals surface area contributed by atoms with Crippen LogP contribution in [-0.4, -0.2) is 46.4 Å². The number of unbranched alkanes of at least 4 members (excludes halogenated alkanes) is 14. The molecule has 0 aliphatic carbocycles. The van der Waals surface area contributed by atoms with Crippen LogP contribution in [0.1, 0.15) is 110 Å². The van der Waals surface area contributed by atoms with Gasteiger partial charge in [0.1, 0.15) is 0 Å². The van der Waals surface area contributed by atoms with Gasteiger partial charge in [0.15, 0.2) is 0 Å². The average Bonchev–Trinajstić information content (AvgIpc) is 2.43. The predicted octanol–water partition coefficient (Wildman–Crippen LogP) is 4.12. The normalized spacial score (nSPS) is 9.43. The van der Waals surface area contributed by atoms with E-state index in [2.05, 4.69) is 6.92 Å². The first-order valence-electron chi connectivity index (χ1n) is 8.97. The molecule has 0 heterocycles. The molecule has 0 rings (SSSR count). The van der Waals surface area contributed by atoms with Gasteiger partial charge in [-0.3, -0.25) is 0 Å². The Morgan fingerprint density at radius 2 is 0.913 bits per heavy atom. The monoisotopic (exact) mass is 350 g/mol. The third-order valence-corrected chi connectivity index (χ3v) is 3.98. The zero-order chi connectivity index (χ0) is 14.9. The van der Waals surface area contributed by atoms with E-state index in [1.165, 1.54) is 83.5 Å². The second-order valence-corrected chi connectivity index (χ2v) is 6.07. The van der Waals surface area contributed by atoms with Crippen molar-refractivity contribution in [2.75, 3.05) is 0 Å². The molecule has 3 nitrogen and oxygen atoms in total. The second-order valence-electron chi connectivity index (χ2n) is 6.07. The van der Waals surface area contributed by atoms with Crippen LogP contribution >= 0.6 is 0 Å². The Bertz CT molecular complexity index is 216. The largest absolute Gasteiger partial charge is 3.00 e. The number of carboxylic acids is 1. The second kappa shape index (κ2) is 27.6. The van der Waals surface area contributed by atoms with Gasteiger partial charge < -0.3 is 15.4 Å². The summed E-state index contributed by atoms with van der Waals surface area (Å²) < 4.78 is 0. The minimum absolute atomic E-state index is 0. The summed E-state index contributed by atoms with van der Waals surface area (Å²) in [7, 11) is 0. The van der Waals surface area contributed by atoms with Crippen LogP contribution in [0.4, 0.5) is 0 Å². The number of carbonyl (C=O) groups excluding carboxylic acids is 1. The summed E-state index contributed by atoms with van der Waals surface area (Å²) in [6, 6.07) is 0. The number of carbonyl (C=O) groups is 1. The molecule has 0 amide bonds. The predicted molar refractivity (Wildman–Crippen MR) is 96.7 cm³/mol. The zero-order valence-corrected chi connectivity index (χ0v) is 17.9. The summed E-state index contributed by atoms with van der Waals surface area (Å²) in [5, 5.41) is 10.2. The van der Waals surface area contributed by atoms with Crippen LogP contribution in [0.15, 0.2) is 0 Å². The van der Waals surface area contributed by atoms with E-state index in [0.29, 0.717) is 0 Å². The molecule has 0 atom stereocenters. The fourth-order valence-electron chi connectivity index (χ4n) is 2.64.